The van der Waals surface area contributed by atoms with Gasteiger partial charge in [0.05, 0.1) is 16.1 Å². The minimum absolute atomic E-state index is 0.0387. The number of hydrogen-bond donors (Lipinski definition) is 1. The number of para-hydroxylation sites is 1. The highest BCUT2D eigenvalue weighted by atomic mass is 35.5. The van der Waals surface area contributed by atoms with Crippen molar-refractivity contribution in [1.29, 1.82) is 0 Å². The van der Waals surface area contributed by atoms with E-state index in [1.165, 1.54) is 31.3 Å². The summed E-state index contributed by atoms with van der Waals surface area (Å²) in [5.74, 6) is -0.696. The van der Waals surface area contributed by atoms with Crippen LogP contribution in [0.1, 0.15) is 10.4 Å². The van der Waals surface area contributed by atoms with Crippen molar-refractivity contribution < 1.29 is 13.2 Å². The number of primary amides is 1. The second-order valence-corrected chi connectivity index (χ2v) is 6.72. The second-order valence-electron chi connectivity index (χ2n) is 4.31. The van der Waals surface area contributed by atoms with E-state index < -0.39 is 15.9 Å². The molecule has 0 bridgehead atoms. The molecule has 0 spiro atoms. The van der Waals surface area contributed by atoms with Gasteiger partial charge < -0.3 is 5.73 Å². The first-order valence-corrected chi connectivity index (χ1v) is 7.79. The van der Waals surface area contributed by atoms with Crippen molar-refractivity contribution in [3.63, 3.8) is 0 Å². The molecule has 0 fully saturated rings. The SMILES string of the molecule is CN(c1ccccc1C(N)=O)S(=O)(=O)c1cccc(Cl)c1. The Hall–Kier alpha value is -2.05. The van der Waals surface area contributed by atoms with E-state index in [2.05, 4.69) is 0 Å². The maximum absolute atomic E-state index is 12.6. The molecular weight excluding hydrogens is 312 g/mol. The number of anilines is 1. The lowest BCUT2D eigenvalue weighted by atomic mass is 10.2. The molecule has 0 heterocycles. The number of benzene rings is 2. The monoisotopic (exact) mass is 324 g/mol. The Morgan fingerprint density at radius 2 is 1.81 bits per heavy atom. The van der Waals surface area contributed by atoms with Gasteiger partial charge in [0.2, 0.25) is 0 Å². The van der Waals surface area contributed by atoms with Crippen molar-refractivity contribution >= 4 is 33.2 Å². The van der Waals surface area contributed by atoms with Gasteiger partial charge in [-0.3, -0.25) is 9.10 Å². The van der Waals surface area contributed by atoms with Crippen LogP contribution < -0.4 is 10.0 Å². The molecule has 2 aromatic carbocycles. The van der Waals surface area contributed by atoms with Gasteiger partial charge in [0.25, 0.3) is 15.9 Å². The van der Waals surface area contributed by atoms with Crippen LogP contribution in [0.15, 0.2) is 53.4 Å². The van der Waals surface area contributed by atoms with Gasteiger partial charge in [-0.25, -0.2) is 8.42 Å². The van der Waals surface area contributed by atoms with Crippen molar-refractivity contribution in [2.24, 2.45) is 5.73 Å². The molecule has 1 amide bonds. The van der Waals surface area contributed by atoms with Gasteiger partial charge in [-0.15, -0.1) is 0 Å². The predicted octanol–water partition coefficient (Wildman–Crippen LogP) is 2.26. The fourth-order valence-electron chi connectivity index (χ4n) is 1.87. The molecule has 21 heavy (non-hydrogen) atoms. The number of nitrogens with two attached hydrogens (primary N) is 1. The van der Waals surface area contributed by atoms with Crippen molar-refractivity contribution in [2.45, 2.75) is 4.90 Å². The molecule has 110 valence electrons. The zero-order chi connectivity index (χ0) is 15.6. The molecule has 0 radical (unpaired) electrons. The first-order chi connectivity index (χ1) is 9.84. The third-order valence-corrected chi connectivity index (χ3v) is 4.97. The van der Waals surface area contributed by atoms with Gasteiger partial charge in [0, 0.05) is 12.1 Å². The van der Waals surface area contributed by atoms with Crippen molar-refractivity contribution in [2.75, 3.05) is 11.4 Å². The van der Waals surface area contributed by atoms with Gasteiger partial charge in [0.1, 0.15) is 0 Å². The summed E-state index contributed by atoms with van der Waals surface area (Å²) in [4.78, 5) is 11.5. The molecule has 0 saturated carbocycles. The van der Waals surface area contributed by atoms with Crippen LogP contribution >= 0.6 is 11.6 Å². The van der Waals surface area contributed by atoms with Crippen LogP contribution in [0.3, 0.4) is 0 Å². The lowest BCUT2D eigenvalue weighted by molar-refractivity contribution is 0.100. The number of carbonyl (C=O) groups is 1. The summed E-state index contributed by atoms with van der Waals surface area (Å²) in [6.45, 7) is 0. The Bertz CT molecular complexity index is 790. The fourth-order valence-corrected chi connectivity index (χ4v) is 3.39. The summed E-state index contributed by atoms with van der Waals surface area (Å²) in [7, 11) is -2.47. The highest BCUT2D eigenvalue weighted by Crippen LogP contribution is 2.26. The molecule has 2 aromatic rings. The Morgan fingerprint density at radius 3 is 2.43 bits per heavy atom. The smallest absolute Gasteiger partial charge is 0.264 e. The molecule has 0 atom stereocenters. The molecule has 2 N–H and O–H groups in total. The molecule has 0 unspecified atom stereocenters. The average molecular weight is 325 g/mol. The largest absolute Gasteiger partial charge is 0.366 e. The van der Waals surface area contributed by atoms with Crippen LogP contribution in [0.4, 0.5) is 5.69 Å². The van der Waals surface area contributed by atoms with Gasteiger partial charge in [-0.05, 0) is 30.3 Å². The van der Waals surface area contributed by atoms with E-state index in [1.54, 1.807) is 24.3 Å². The van der Waals surface area contributed by atoms with E-state index in [-0.39, 0.29) is 16.1 Å². The Balaban J connectivity index is 2.54. The quantitative estimate of drug-likeness (QED) is 0.936. The lowest BCUT2D eigenvalue weighted by Gasteiger charge is -2.21. The molecule has 0 saturated heterocycles. The predicted molar refractivity (Wildman–Crippen MR) is 82.0 cm³/mol. The van der Waals surface area contributed by atoms with E-state index in [9.17, 15) is 13.2 Å². The van der Waals surface area contributed by atoms with Crippen LogP contribution in [-0.2, 0) is 10.0 Å². The van der Waals surface area contributed by atoms with E-state index in [0.29, 0.717) is 5.02 Å². The van der Waals surface area contributed by atoms with Crippen LogP contribution in [0.25, 0.3) is 0 Å². The normalized spacial score (nSPS) is 11.1. The number of sulfonamides is 1. The molecule has 5 nitrogen and oxygen atoms in total. The minimum Gasteiger partial charge on any atom is -0.366 e. The first-order valence-electron chi connectivity index (χ1n) is 5.97. The maximum Gasteiger partial charge on any atom is 0.264 e. The van der Waals surface area contributed by atoms with E-state index in [4.69, 9.17) is 17.3 Å². The lowest BCUT2D eigenvalue weighted by Crippen LogP contribution is -2.29. The van der Waals surface area contributed by atoms with Crippen molar-refractivity contribution in [3.8, 4) is 0 Å². The summed E-state index contributed by atoms with van der Waals surface area (Å²) in [6, 6.07) is 12.1. The highest BCUT2D eigenvalue weighted by Gasteiger charge is 2.24. The minimum atomic E-state index is -3.83. The molecular formula is C14H13ClN2O3S. The summed E-state index contributed by atoms with van der Waals surface area (Å²) < 4.78 is 26.2. The van der Waals surface area contributed by atoms with Gasteiger partial charge in [-0.1, -0.05) is 29.8 Å². The number of nitrogens with zero attached hydrogens (tertiary/aromatic N) is 1. The topological polar surface area (TPSA) is 80.5 Å². The van der Waals surface area contributed by atoms with E-state index in [1.807, 2.05) is 0 Å². The molecule has 7 heteroatoms. The van der Waals surface area contributed by atoms with E-state index >= 15 is 0 Å². The van der Waals surface area contributed by atoms with Crippen LogP contribution in [0.5, 0.6) is 0 Å². The zero-order valence-corrected chi connectivity index (χ0v) is 12.7. The Kier molecular flexibility index (Phi) is 4.20. The van der Waals surface area contributed by atoms with Gasteiger partial charge in [-0.2, -0.15) is 0 Å². The maximum atomic E-state index is 12.6. The van der Waals surface area contributed by atoms with E-state index in [0.717, 1.165) is 4.31 Å². The molecule has 0 aliphatic rings. The summed E-state index contributed by atoms with van der Waals surface area (Å²) in [5, 5.41) is 0.313. The molecule has 0 aliphatic carbocycles. The summed E-state index contributed by atoms with van der Waals surface area (Å²) in [5.41, 5.74) is 5.62. The number of rotatable bonds is 4. The summed E-state index contributed by atoms with van der Waals surface area (Å²) in [6.07, 6.45) is 0. The second kappa shape index (κ2) is 5.75. The number of hydrogen-bond acceptors (Lipinski definition) is 3. The Morgan fingerprint density at radius 1 is 1.14 bits per heavy atom. The highest BCUT2D eigenvalue weighted by molar-refractivity contribution is 7.92. The average Bonchev–Trinajstić information content (AvgIpc) is 2.46. The van der Waals surface area contributed by atoms with Crippen LogP contribution in [-0.4, -0.2) is 21.4 Å². The first kappa shape index (κ1) is 15.3. The van der Waals surface area contributed by atoms with Crippen molar-refractivity contribution in [1.82, 2.24) is 0 Å². The zero-order valence-electron chi connectivity index (χ0n) is 11.2. The summed E-state index contributed by atoms with van der Waals surface area (Å²) >= 11 is 5.83. The van der Waals surface area contributed by atoms with Gasteiger partial charge in [0.15, 0.2) is 0 Å². The standard InChI is InChI=1S/C14H13ClN2O3S/c1-17(13-8-3-2-7-12(13)14(16)18)21(19,20)11-6-4-5-10(15)9-11/h2-9H,1H3,(H2,16,18). The molecule has 0 aliphatic heterocycles. The van der Waals surface area contributed by atoms with Crippen LogP contribution in [0, 0.1) is 0 Å². The Labute approximate surface area is 128 Å². The fraction of sp³-hybridized carbons (Fsp3) is 0.0714. The molecule has 0 aromatic heterocycles. The van der Waals surface area contributed by atoms with Crippen molar-refractivity contribution in [3.05, 3.63) is 59.1 Å². The third kappa shape index (κ3) is 3.01. The number of halogens is 1. The number of amides is 1. The third-order valence-electron chi connectivity index (χ3n) is 2.96. The van der Waals surface area contributed by atoms with Crippen LogP contribution in [0.2, 0.25) is 5.02 Å². The van der Waals surface area contributed by atoms with Gasteiger partial charge >= 0.3 is 0 Å². The molecule has 2 rings (SSSR count). The number of carbonyl (C=O) groups excluding carboxylic acids is 1.